The molecule has 1 heterocycles. The Hall–Kier alpha value is -2.99. The third kappa shape index (κ3) is 4.34. The summed E-state index contributed by atoms with van der Waals surface area (Å²) >= 11 is 5.79. The number of carbonyl (C=O) groups excluding carboxylic acids is 1. The predicted molar refractivity (Wildman–Crippen MR) is 97.7 cm³/mol. The molecule has 0 fully saturated rings. The number of rotatable bonds is 5. The van der Waals surface area contributed by atoms with Gasteiger partial charge in [0.05, 0.1) is 12.0 Å². The third-order valence-electron chi connectivity index (χ3n) is 3.76. The Kier molecular flexibility index (Phi) is 5.43. The maximum Gasteiger partial charge on any atom is 0.253 e. The smallest absolute Gasteiger partial charge is 0.253 e. The van der Waals surface area contributed by atoms with Crippen LogP contribution in [-0.2, 0) is 6.54 Å². The number of hydrogen-bond donors (Lipinski definition) is 1. The van der Waals surface area contributed by atoms with Gasteiger partial charge in [0, 0.05) is 35.3 Å². The van der Waals surface area contributed by atoms with Gasteiger partial charge in [-0.25, -0.2) is 9.37 Å². The van der Waals surface area contributed by atoms with Crippen molar-refractivity contribution >= 4 is 17.5 Å². The van der Waals surface area contributed by atoms with E-state index in [2.05, 4.69) is 10.3 Å². The van der Waals surface area contributed by atoms with Crippen LogP contribution in [0.15, 0.2) is 65.7 Å². The third-order valence-corrected chi connectivity index (χ3v) is 4.02. The minimum Gasteiger partial charge on any atom is -0.350 e. The van der Waals surface area contributed by atoms with E-state index in [0.29, 0.717) is 21.8 Å². The van der Waals surface area contributed by atoms with E-state index in [-0.39, 0.29) is 30.4 Å². The average molecular weight is 372 g/mol. The van der Waals surface area contributed by atoms with Crippen molar-refractivity contribution in [3.05, 3.63) is 87.7 Å². The van der Waals surface area contributed by atoms with E-state index in [0.717, 1.165) is 0 Å². The zero-order chi connectivity index (χ0) is 18.5. The second-order valence-corrected chi connectivity index (χ2v) is 6.01. The maximum atomic E-state index is 13.0. The number of carbonyl (C=O) groups is 1. The van der Waals surface area contributed by atoms with Crippen LogP contribution in [0.5, 0.6) is 0 Å². The first-order chi connectivity index (χ1) is 12.5. The molecule has 7 heteroatoms. The summed E-state index contributed by atoms with van der Waals surface area (Å²) in [5, 5.41) is 3.29. The number of amides is 1. The Labute approximate surface area is 154 Å². The molecule has 0 radical (unpaired) electrons. The van der Waals surface area contributed by atoms with Crippen molar-refractivity contribution in [1.29, 1.82) is 0 Å². The highest BCUT2D eigenvalue weighted by atomic mass is 35.5. The summed E-state index contributed by atoms with van der Waals surface area (Å²) < 4.78 is 14.4. The van der Waals surface area contributed by atoms with Gasteiger partial charge in [0.25, 0.3) is 11.5 Å². The largest absolute Gasteiger partial charge is 0.350 e. The van der Waals surface area contributed by atoms with Crippen molar-refractivity contribution in [3.63, 3.8) is 0 Å². The number of nitrogens with zero attached hydrogens (tertiary/aromatic N) is 2. The molecule has 26 heavy (non-hydrogen) atoms. The predicted octanol–water partition coefficient (Wildman–Crippen LogP) is 3.13. The van der Waals surface area contributed by atoms with Crippen LogP contribution in [0.1, 0.15) is 10.4 Å². The molecule has 0 bridgehead atoms. The fraction of sp³-hybridized carbons (Fsp3) is 0.105. The summed E-state index contributed by atoms with van der Waals surface area (Å²) in [7, 11) is 0. The van der Waals surface area contributed by atoms with Crippen LogP contribution in [0.4, 0.5) is 4.39 Å². The molecule has 0 saturated heterocycles. The standard InChI is InChI=1S/C19H15ClFN3O2/c20-15-5-1-14(2-6-15)19(26)22-9-10-24-12-23-17(11-18(24)25)13-3-7-16(21)8-4-13/h1-8,11-12H,9-10H2,(H,22,26). The Morgan fingerprint density at radius 2 is 1.81 bits per heavy atom. The highest BCUT2D eigenvalue weighted by Gasteiger charge is 2.06. The van der Waals surface area contributed by atoms with Crippen LogP contribution >= 0.6 is 11.6 Å². The second-order valence-electron chi connectivity index (χ2n) is 5.58. The zero-order valence-electron chi connectivity index (χ0n) is 13.7. The van der Waals surface area contributed by atoms with Crippen molar-refractivity contribution in [2.24, 2.45) is 0 Å². The van der Waals surface area contributed by atoms with Crippen molar-refractivity contribution in [3.8, 4) is 11.3 Å². The van der Waals surface area contributed by atoms with E-state index in [1.165, 1.54) is 29.1 Å². The summed E-state index contributed by atoms with van der Waals surface area (Å²) in [6.45, 7) is 0.563. The summed E-state index contributed by atoms with van der Waals surface area (Å²) in [5.74, 6) is -0.593. The van der Waals surface area contributed by atoms with Crippen LogP contribution < -0.4 is 10.9 Å². The second kappa shape index (κ2) is 7.93. The highest BCUT2D eigenvalue weighted by molar-refractivity contribution is 6.30. The SMILES string of the molecule is O=C(NCCn1cnc(-c2ccc(F)cc2)cc1=O)c1ccc(Cl)cc1. The van der Waals surface area contributed by atoms with Crippen LogP contribution in [-0.4, -0.2) is 22.0 Å². The number of hydrogen-bond acceptors (Lipinski definition) is 3. The molecule has 0 aliphatic carbocycles. The molecular weight excluding hydrogens is 357 g/mol. The Bertz CT molecular complexity index is 969. The quantitative estimate of drug-likeness (QED) is 0.749. The van der Waals surface area contributed by atoms with Gasteiger partial charge in [0.15, 0.2) is 0 Å². The van der Waals surface area contributed by atoms with E-state index in [1.54, 1.807) is 36.4 Å². The lowest BCUT2D eigenvalue weighted by Gasteiger charge is -2.08. The molecule has 1 amide bonds. The number of halogens is 2. The molecule has 132 valence electrons. The van der Waals surface area contributed by atoms with Gasteiger partial charge in [-0.15, -0.1) is 0 Å². The molecule has 0 atom stereocenters. The minimum atomic E-state index is -0.349. The molecule has 0 unspecified atom stereocenters. The van der Waals surface area contributed by atoms with Crippen LogP contribution in [0.2, 0.25) is 5.02 Å². The molecule has 0 saturated carbocycles. The van der Waals surface area contributed by atoms with E-state index >= 15 is 0 Å². The Morgan fingerprint density at radius 1 is 1.12 bits per heavy atom. The summed E-state index contributed by atoms with van der Waals surface area (Å²) in [4.78, 5) is 28.4. The van der Waals surface area contributed by atoms with Crippen LogP contribution in [0.25, 0.3) is 11.3 Å². The molecular formula is C19H15ClFN3O2. The minimum absolute atomic E-state index is 0.245. The molecule has 5 nitrogen and oxygen atoms in total. The van der Waals surface area contributed by atoms with Crippen molar-refractivity contribution in [1.82, 2.24) is 14.9 Å². The van der Waals surface area contributed by atoms with Gasteiger partial charge in [0.1, 0.15) is 5.82 Å². The van der Waals surface area contributed by atoms with Crippen LogP contribution in [0, 0.1) is 5.82 Å². The van der Waals surface area contributed by atoms with Crippen molar-refractivity contribution in [2.75, 3.05) is 6.54 Å². The lowest BCUT2D eigenvalue weighted by Crippen LogP contribution is -2.30. The van der Waals surface area contributed by atoms with Gasteiger partial charge < -0.3 is 5.32 Å². The normalized spacial score (nSPS) is 10.5. The fourth-order valence-electron chi connectivity index (χ4n) is 2.37. The van der Waals surface area contributed by atoms with Gasteiger partial charge in [-0.2, -0.15) is 0 Å². The van der Waals surface area contributed by atoms with Gasteiger partial charge in [-0.1, -0.05) is 11.6 Å². The Morgan fingerprint density at radius 3 is 2.46 bits per heavy atom. The topological polar surface area (TPSA) is 64.0 Å². The average Bonchev–Trinajstić information content (AvgIpc) is 2.64. The molecule has 3 aromatic rings. The first-order valence-corrected chi connectivity index (χ1v) is 8.27. The lowest BCUT2D eigenvalue weighted by atomic mass is 10.1. The molecule has 2 aromatic carbocycles. The molecule has 0 spiro atoms. The maximum absolute atomic E-state index is 13.0. The van der Waals surface area contributed by atoms with Crippen LogP contribution in [0.3, 0.4) is 0 Å². The summed E-state index contributed by atoms with van der Waals surface area (Å²) in [6.07, 6.45) is 1.41. The zero-order valence-corrected chi connectivity index (χ0v) is 14.4. The fourth-order valence-corrected chi connectivity index (χ4v) is 2.49. The Balaban J connectivity index is 1.62. The van der Waals surface area contributed by atoms with E-state index < -0.39 is 0 Å². The summed E-state index contributed by atoms with van der Waals surface area (Å²) in [6, 6.07) is 13.7. The van der Waals surface area contributed by atoms with Gasteiger partial charge in [-0.05, 0) is 48.5 Å². The van der Waals surface area contributed by atoms with Gasteiger partial charge in [-0.3, -0.25) is 14.2 Å². The van der Waals surface area contributed by atoms with Crippen molar-refractivity contribution < 1.29 is 9.18 Å². The van der Waals surface area contributed by atoms with E-state index in [9.17, 15) is 14.0 Å². The number of aromatic nitrogens is 2. The lowest BCUT2D eigenvalue weighted by molar-refractivity contribution is 0.0952. The monoisotopic (exact) mass is 371 g/mol. The first-order valence-electron chi connectivity index (χ1n) is 7.89. The van der Waals surface area contributed by atoms with Gasteiger partial charge >= 0.3 is 0 Å². The molecule has 0 aliphatic heterocycles. The molecule has 0 aliphatic rings. The molecule has 1 aromatic heterocycles. The molecule has 1 N–H and O–H groups in total. The number of benzene rings is 2. The summed E-state index contributed by atoms with van der Waals surface area (Å²) in [5.41, 5.74) is 1.37. The highest BCUT2D eigenvalue weighted by Crippen LogP contribution is 2.15. The first kappa shape index (κ1) is 17.8. The van der Waals surface area contributed by atoms with Crippen molar-refractivity contribution in [2.45, 2.75) is 6.54 Å². The number of nitrogens with one attached hydrogen (secondary N) is 1. The van der Waals surface area contributed by atoms with Gasteiger partial charge in [0.2, 0.25) is 0 Å². The van der Waals surface area contributed by atoms with E-state index in [4.69, 9.17) is 11.6 Å². The molecule has 3 rings (SSSR count). The van der Waals surface area contributed by atoms with E-state index in [1.807, 2.05) is 0 Å².